The van der Waals surface area contributed by atoms with Crippen LogP contribution in [0.3, 0.4) is 0 Å². The van der Waals surface area contributed by atoms with Gasteiger partial charge in [0.25, 0.3) is 0 Å². The third kappa shape index (κ3) is 5.22. The highest BCUT2D eigenvalue weighted by molar-refractivity contribution is 4.87. The second-order valence-electron chi connectivity index (χ2n) is 6.80. The summed E-state index contributed by atoms with van der Waals surface area (Å²) < 4.78 is 5.84. The van der Waals surface area contributed by atoms with Crippen molar-refractivity contribution in [3.05, 3.63) is 0 Å². The quantitative estimate of drug-likeness (QED) is 0.749. The molecule has 0 saturated carbocycles. The van der Waals surface area contributed by atoms with E-state index in [0.29, 0.717) is 0 Å². The lowest BCUT2D eigenvalue weighted by atomic mass is 9.91. The first-order valence-electron chi connectivity index (χ1n) is 7.00. The molecule has 0 aromatic carbocycles. The molecule has 0 bridgehead atoms. The van der Waals surface area contributed by atoms with Gasteiger partial charge in [0.2, 0.25) is 0 Å². The molecule has 18 heavy (non-hydrogen) atoms. The van der Waals surface area contributed by atoms with Crippen LogP contribution in [0.2, 0.25) is 0 Å². The molecule has 1 aliphatic heterocycles. The van der Waals surface area contributed by atoms with Crippen molar-refractivity contribution in [2.45, 2.75) is 46.3 Å². The Kier molecular flexibility index (Phi) is 5.59. The van der Waals surface area contributed by atoms with Crippen LogP contribution in [0.25, 0.3) is 0 Å². The molecule has 1 fully saturated rings. The molecule has 0 aromatic rings. The maximum atomic E-state index is 9.32. The number of rotatable bonds is 6. The van der Waals surface area contributed by atoms with Crippen molar-refractivity contribution in [2.24, 2.45) is 5.41 Å². The zero-order valence-electron chi connectivity index (χ0n) is 12.6. The van der Waals surface area contributed by atoms with Gasteiger partial charge in [0.1, 0.15) is 0 Å². The summed E-state index contributed by atoms with van der Waals surface area (Å²) in [5.41, 5.74) is 0.0728. The van der Waals surface area contributed by atoms with E-state index in [-0.39, 0.29) is 23.7 Å². The lowest BCUT2D eigenvalue weighted by molar-refractivity contribution is -0.153. The summed E-state index contributed by atoms with van der Waals surface area (Å²) in [5, 5.41) is 12.7. The van der Waals surface area contributed by atoms with E-state index in [9.17, 15) is 5.11 Å². The predicted octanol–water partition coefficient (Wildman–Crippen LogP) is 1.09. The Hall–Kier alpha value is -0.160. The maximum absolute atomic E-state index is 9.32. The summed E-state index contributed by atoms with van der Waals surface area (Å²) in [6, 6.07) is 0. The summed E-state index contributed by atoms with van der Waals surface area (Å²) in [4.78, 5) is 2.42. The van der Waals surface area contributed by atoms with Crippen LogP contribution in [-0.4, -0.2) is 61.0 Å². The van der Waals surface area contributed by atoms with Gasteiger partial charge in [-0.1, -0.05) is 20.8 Å². The Bertz CT molecular complexity index is 254. The molecule has 0 aliphatic carbocycles. The zero-order valence-corrected chi connectivity index (χ0v) is 12.6. The van der Waals surface area contributed by atoms with Crippen molar-refractivity contribution in [3.63, 3.8) is 0 Å². The van der Waals surface area contributed by atoms with Crippen molar-refractivity contribution in [1.29, 1.82) is 0 Å². The fourth-order valence-corrected chi connectivity index (χ4v) is 2.76. The van der Waals surface area contributed by atoms with Crippen molar-refractivity contribution in [3.8, 4) is 0 Å². The molecule has 4 heteroatoms. The molecule has 1 rings (SSSR count). The third-order valence-corrected chi connectivity index (χ3v) is 3.26. The number of hydrogen-bond donors (Lipinski definition) is 2. The monoisotopic (exact) mass is 258 g/mol. The van der Waals surface area contributed by atoms with Gasteiger partial charge >= 0.3 is 0 Å². The van der Waals surface area contributed by atoms with Crippen LogP contribution in [0.4, 0.5) is 0 Å². The molecule has 1 unspecified atom stereocenters. The summed E-state index contributed by atoms with van der Waals surface area (Å²) in [6.07, 6.45) is -0.0521. The lowest BCUT2D eigenvalue weighted by Gasteiger charge is -2.45. The van der Waals surface area contributed by atoms with Gasteiger partial charge in [-0.3, -0.25) is 4.90 Å². The number of aliphatic hydroxyl groups is 1. The van der Waals surface area contributed by atoms with Crippen LogP contribution in [0.5, 0.6) is 0 Å². The Labute approximate surface area is 112 Å². The van der Waals surface area contributed by atoms with Gasteiger partial charge < -0.3 is 15.2 Å². The normalized spacial score (nSPS) is 25.3. The highest BCUT2D eigenvalue weighted by atomic mass is 16.5. The van der Waals surface area contributed by atoms with Crippen LogP contribution in [0, 0.1) is 5.41 Å². The molecule has 0 aromatic heterocycles. The van der Waals surface area contributed by atoms with Crippen LogP contribution in [0.1, 0.15) is 34.6 Å². The minimum Gasteiger partial charge on any atom is -0.394 e. The van der Waals surface area contributed by atoms with Gasteiger partial charge in [0, 0.05) is 26.2 Å². The number of ether oxygens (including phenoxy) is 1. The summed E-state index contributed by atoms with van der Waals surface area (Å²) >= 11 is 0. The fourth-order valence-electron chi connectivity index (χ4n) is 2.76. The van der Waals surface area contributed by atoms with Crippen LogP contribution in [-0.2, 0) is 4.74 Å². The largest absolute Gasteiger partial charge is 0.394 e. The molecule has 1 saturated heterocycles. The average Bonchev–Trinajstić information content (AvgIpc) is 2.23. The van der Waals surface area contributed by atoms with Crippen LogP contribution >= 0.6 is 0 Å². The SMILES string of the molecule is CCNCC(C)(C)CN1CC(CO)OC(C)(C)C1. The number of nitrogens with one attached hydrogen (secondary N) is 1. The molecule has 0 radical (unpaired) electrons. The second kappa shape index (κ2) is 6.33. The smallest absolute Gasteiger partial charge is 0.0940 e. The Morgan fingerprint density at radius 2 is 2.11 bits per heavy atom. The van der Waals surface area contributed by atoms with Gasteiger partial charge in [0.15, 0.2) is 0 Å². The van der Waals surface area contributed by atoms with Gasteiger partial charge in [-0.25, -0.2) is 0 Å². The molecular formula is C14H30N2O2. The van der Waals surface area contributed by atoms with Crippen molar-refractivity contribution in [2.75, 3.05) is 39.3 Å². The van der Waals surface area contributed by atoms with E-state index >= 15 is 0 Å². The molecular weight excluding hydrogens is 228 g/mol. The molecule has 1 aliphatic rings. The van der Waals surface area contributed by atoms with E-state index in [1.165, 1.54) is 0 Å². The minimum absolute atomic E-state index is 0.0521. The summed E-state index contributed by atoms with van der Waals surface area (Å²) in [5.74, 6) is 0. The number of aliphatic hydroxyl groups excluding tert-OH is 1. The zero-order chi connectivity index (χ0) is 13.8. The third-order valence-electron chi connectivity index (χ3n) is 3.26. The van der Waals surface area contributed by atoms with Gasteiger partial charge in [-0.15, -0.1) is 0 Å². The molecule has 1 atom stereocenters. The Balaban J connectivity index is 2.54. The van der Waals surface area contributed by atoms with Crippen molar-refractivity contribution >= 4 is 0 Å². The molecule has 108 valence electrons. The van der Waals surface area contributed by atoms with Crippen LogP contribution in [0.15, 0.2) is 0 Å². The first-order valence-corrected chi connectivity index (χ1v) is 7.00. The fraction of sp³-hybridized carbons (Fsp3) is 1.00. The Morgan fingerprint density at radius 1 is 1.44 bits per heavy atom. The van der Waals surface area contributed by atoms with Gasteiger partial charge in [0.05, 0.1) is 18.3 Å². The molecule has 0 spiro atoms. The van der Waals surface area contributed by atoms with E-state index in [1.807, 2.05) is 0 Å². The standard InChI is InChI=1S/C14H30N2O2/c1-6-15-9-13(2,3)10-16-7-12(8-17)18-14(4,5)11-16/h12,15,17H,6-11H2,1-5H3. The van der Waals surface area contributed by atoms with E-state index in [2.05, 4.69) is 44.8 Å². The van der Waals surface area contributed by atoms with E-state index in [1.54, 1.807) is 0 Å². The van der Waals surface area contributed by atoms with E-state index in [4.69, 9.17) is 4.74 Å². The van der Waals surface area contributed by atoms with Gasteiger partial charge in [-0.05, 0) is 25.8 Å². The predicted molar refractivity (Wildman–Crippen MR) is 74.8 cm³/mol. The highest BCUT2D eigenvalue weighted by Gasteiger charge is 2.35. The number of hydrogen-bond acceptors (Lipinski definition) is 4. The van der Waals surface area contributed by atoms with Crippen molar-refractivity contribution in [1.82, 2.24) is 10.2 Å². The number of nitrogens with zero attached hydrogens (tertiary/aromatic N) is 1. The molecule has 0 amide bonds. The van der Waals surface area contributed by atoms with Gasteiger partial charge in [-0.2, -0.15) is 0 Å². The summed E-state index contributed by atoms with van der Waals surface area (Å²) in [7, 11) is 0. The first-order chi connectivity index (χ1) is 8.28. The van der Waals surface area contributed by atoms with E-state index < -0.39 is 0 Å². The topological polar surface area (TPSA) is 44.7 Å². The maximum Gasteiger partial charge on any atom is 0.0940 e. The van der Waals surface area contributed by atoms with Crippen molar-refractivity contribution < 1.29 is 9.84 Å². The van der Waals surface area contributed by atoms with E-state index in [0.717, 1.165) is 32.7 Å². The average molecular weight is 258 g/mol. The lowest BCUT2D eigenvalue weighted by Crippen LogP contribution is -2.56. The molecule has 2 N–H and O–H groups in total. The molecule has 1 heterocycles. The summed E-state index contributed by atoms with van der Waals surface area (Å²) in [6.45, 7) is 15.8. The second-order valence-corrected chi connectivity index (χ2v) is 6.80. The first kappa shape index (κ1) is 15.9. The highest BCUT2D eigenvalue weighted by Crippen LogP contribution is 2.24. The Morgan fingerprint density at radius 3 is 2.67 bits per heavy atom. The number of morpholine rings is 1. The minimum atomic E-state index is -0.167. The van der Waals surface area contributed by atoms with Crippen LogP contribution < -0.4 is 5.32 Å². The molecule has 4 nitrogen and oxygen atoms in total.